The first-order valence-corrected chi connectivity index (χ1v) is 21.1. The lowest BCUT2D eigenvalue weighted by molar-refractivity contribution is -0.336. The fourth-order valence-corrected chi connectivity index (χ4v) is 13.2. The van der Waals surface area contributed by atoms with Crippen LogP contribution in [0.4, 0.5) is 0 Å². The number of carbonyl (C=O) groups excluding carboxylic acids is 1. The van der Waals surface area contributed by atoms with Crippen LogP contribution in [-0.4, -0.2) is 124 Å². The zero-order valence-electron chi connectivity index (χ0n) is 32.8. The van der Waals surface area contributed by atoms with Crippen molar-refractivity contribution >= 4 is 5.97 Å². The van der Waals surface area contributed by atoms with Gasteiger partial charge in [0.2, 0.25) is 0 Å². The minimum atomic E-state index is -0.994. The highest BCUT2D eigenvalue weighted by Gasteiger charge is 2.68. The van der Waals surface area contributed by atoms with Crippen molar-refractivity contribution in [3.8, 4) is 0 Å². The molecule has 0 aromatic rings. The highest BCUT2D eigenvalue weighted by molar-refractivity contribution is 5.71. The summed E-state index contributed by atoms with van der Waals surface area (Å²) in [5.74, 6) is 1.72. The third-order valence-electron chi connectivity index (χ3n) is 16.3. The summed E-state index contributed by atoms with van der Waals surface area (Å²) in [5.41, 5.74) is -0.728. The molecule has 13 nitrogen and oxygen atoms in total. The predicted octanol–water partition coefficient (Wildman–Crippen LogP) is 3.33. The van der Waals surface area contributed by atoms with Gasteiger partial charge in [0.1, 0.15) is 18.3 Å². The number of ether oxygens (including phenoxy) is 7. The molecule has 0 aromatic carbocycles. The van der Waals surface area contributed by atoms with Gasteiger partial charge in [-0.05, 0) is 113 Å². The number of hydrogen-bond acceptors (Lipinski definition) is 13. The van der Waals surface area contributed by atoms with Crippen molar-refractivity contribution in [3.63, 3.8) is 0 Å². The van der Waals surface area contributed by atoms with E-state index in [0.717, 1.165) is 57.8 Å². The molecule has 8 fully saturated rings. The van der Waals surface area contributed by atoms with Gasteiger partial charge in [0.25, 0.3) is 0 Å². The smallest absolute Gasteiger partial charge is 0.306 e. The fraction of sp³-hybridized carbons (Fsp3) is 0.976. The van der Waals surface area contributed by atoms with Crippen molar-refractivity contribution < 1.29 is 63.5 Å². The van der Waals surface area contributed by atoms with E-state index in [0.29, 0.717) is 30.8 Å². The molecular weight excluding hydrogens is 700 g/mol. The number of esters is 1. The van der Waals surface area contributed by atoms with Gasteiger partial charge in [-0.25, -0.2) is 0 Å². The molecule has 1 unspecified atom stereocenters. The van der Waals surface area contributed by atoms with E-state index in [2.05, 4.69) is 13.8 Å². The monoisotopic (exact) mass is 766 g/mol. The number of carbonyl (C=O) groups is 1. The molecule has 0 aromatic heterocycles. The Bertz CT molecular complexity index is 1320. The molecule has 308 valence electrons. The second-order valence-electron chi connectivity index (χ2n) is 19.1. The Morgan fingerprint density at radius 3 is 1.83 bits per heavy atom. The molecule has 8 aliphatic rings. The van der Waals surface area contributed by atoms with Crippen LogP contribution in [0.3, 0.4) is 0 Å². The van der Waals surface area contributed by atoms with Crippen LogP contribution in [-0.2, 0) is 38.0 Å². The fourth-order valence-electron chi connectivity index (χ4n) is 13.2. The summed E-state index contributed by atoms with van der Waals surface area (Å²) in [6.45, 7) is 10.6. The molecule has 4 saturated heterocycles. The molecule has 0 spiro atoms. The first-order valence-electron chi connectivity index (χ1n) is 21.1. The van der Waals surface area contributed by atoms with Crippen molar-refractivity contribution in [1.29, 1.82) is 0 Å². The second-order valence-corrected chi connectivity index (χ2v) is 19.1. The lowest BCUT2D eigenvalue weighted by Gasteiger charge is -2.64. The number of fused-ring (bicyclic) bond motifs is 5. The molecule has 4 aliphatic carbocycles. The summed E-state index contributed by atoms with van der Waals surface area (Å²) in [5, 5.41) is 55.0. The van der Waals surface area contributed by atoms with Crippen LogP contribution in [0.25, 0.3) is 0 Å². The van der Waals surface area contributed by atoms with Gasteiger partial charge < -0.3 is 58.7 Å². The van der Waals surface area contributed by atoms with Gasteiger partial charge >= 0.3 is 5.97 Å². The second kappa shape index (κ2) is 15.0. The van der Waals surface area contributed by atoms with E-state index >= 15 is 0 Å². The van der Waals surface area contributed by atoms with E-state index in [1.807, 2.05) is 6.92 Å². The molecule has 21 atom stereocenters. The van der Waals surface area contributed by atoms with Crippen molar-refractivity contribution in [1.82, 2.24) is 0 Å². The molecular formula is C41H66O13. The maximum Gasteiger partial charge on any atom is 0.306 e. The summed E-state index contributed by atoms with van der Waals surface area (Å²) in [7, 11) is 0. The Labute approximate surface area is 319 Å². The Morgan fingerprint density at radius 2 is 1.24 bits per heavy atom. The van der Waals surface area contributed by atoms with Crippen LogP contribution in [0.2, 0.25) is 0 Å². The lowest BCUT2D eigenvalue weighted by atomic mass is 9.43. The van der Waals surface area contributed by atoms with E-state index in [1.165, 1.54) is 0 Å². The Kier molecular flexibility index (Phi) is 11.1. The summed E-state index contributed by atoms with van der Waals surface area (Å²) in [6.07, 6.45) is 1.01. The van der Waals surface area contributed by atoms with Crippen LogP contribution >= 0.6 is 0 Å². The lowest BCUT2D eigenvalue weighted by Crippen LogP contribution is -2.62. The molecule has 0 amide bonds. The number of rotatable bonds is 7. The van der Waals surface area contributed by atoms with Gasteiger partial charge in [-0.15, -0.1) is 0 Å². The molecule has 4 heterocycles. The summed E-state index contributed by atoms with van der Waals surface area (Å²) in [4.78, 5) is 12.0. The van der Waals surface area contributed by atoms with E-state index in [-0.39, 0.29) is 54.0 Å². The average Bonchev–Trinajstić information content (AvgIpc) is 3.66. The van der Waals surface area contributed by atoms with Gasteiger partial charge in [-0.1, -0.05) is 13.8 Å². The van der Waals surface area contributed by atoms with E-state index < -0.39 is 79.4 Å². The van der Waals surface area contributed by atoms with E-state index in [9.17, 15) is 30.3 Å². The first-order chi connectivity index (χ1) is 25.6. The zero-order chi connectivity index (χ0) is 38.3. The maximum atomic E-state index is 12.6. The molecule has 0 bridgehead atoms. The standard InChI is InChI=1S/C41H66O13/c1-20-36(46)29(42)16-34(49-20)53-38-22(3)51-35(18-31(38)44)54-37-21(2)50-33(17-30(37)43)52-25-8-11-39(4)24(15-25)6-7-28-27(39)9-12-40(5)26(10-13-41(28,40)47)23-14-32(45)48-19-23/h20-31,33-38,42-44,46-47H,6-19H2,1-5H3/t20-,21-,22-,23?,24-,25+,26+,27+,28-,29+,30+,31+,33+,34+,35+,36-,37-,38-,39+,40-,41+/m1/s1. The van der Waals surface area contributed by atoms with Crippen LogP contribution in [0, 0.1) is 40.4 Å². The third kappa shape index (κ3) is 6.90. The van der Waals surface area contributed by atoms with Crippen LogP contribution < -0.4 is 0 Å². The molecule has 54 heavy (non-hydrogen) atoms. The number of aliphatic hydroxyl groups is 5. The maximum absolute atomic E-state index is 12.6. The first kappa shape index (κ1) is 39.8. The minimum absolute atomic E-state index is 0.0318. The largest absolute Gasteiger partial charge is 0.465 e. The topological polar surface area (TPSA) is 183 Å². The van der Waals surface area contributed by atoms with Gasteiger partial charge in [-0.2, -0.15) is 0 Å². The predicted molar refractivity (Wildman–Crippen MR) is 191 cm³/mol. The molecule has 0 radical (unpaired) electrons. The van der Waals surface area contributed by atoms with Crippen molar-refractivity contribution in [2.45, 2.75) is 204 Å². The minimum Gasteiger partial charge on any atom is -0.465 e. The zero-order valence-corrected chi connectivity index (χ0v) is 32.8. The average molecular weight is 767 g/mol. The van der Waals surface area contributed by atoms with Gasteiger partial charge in [0.15, 0.2) is 18.9 Å². The van der Waals surface area contributed by atoms with Gasteiger partial charge in [0.05, 0.1) is 61.4 Å². The Hall–Kier alpha value is -0.970. The van der Waals surface area contributed by atoms with Crippen molar-refractivity contribution in [3.05, 3.63) is 0 Å². The molecule has 4 saturated carbocycles. The Balaban J connectivity index is 0.823. The summed E-state index contributed by atoms with van der Waals surface area (Å²) < 4.78 is 42.3. The van der Waals surface area contributed by atoms with Crippen molar-refractivity contribution in [2.75, 3.05) is 6.61 Å². The molecule has 4 aliphatic heterocycles. The molecule has 5 N–H and O–H groups in total. The van der Waals surface area contributed by atoms with Crippen LogP contribution in [0.1, 0.15) is 118 Å². The molecule has 13 heteroatoms. The van der Waals surface area contributed by atoms with Crippen LogP contribution in [0.5, 0.6) is 0 Å². The van der Waals surface area contributed by atoms with Gasteiger partial charge in [-0.3, -0.25) is 4.79 Å². The van der Waals surface area contributed by atoms with Crippen LogP contribution in [0.15, 0.2) is 0 Å². The summed E-state index contributed by atoms with van der Waals surface area (Å²) in [6, 6.07) is 0. The normalized spacial score (nSPS) is 56.4. The highest BCUT2D eigenvalue weighted by Crippen LogP contribution is 2.70. The summed E-state index contributed by atoms with van der Waals surface area (Å²) >= 11 is 0. The highest BCUT2D eigenvalue weighted by atomic mass is 16.7. The third-order valence-corrected chi connectivity index (χ3v) is 16.3. The van der Waals surface area contributed by atoms with E-state index in [4.69, 9.17) is 33.2 Å². The quantitative estimate of drug-likeness (QED) is 0.188. The number of aliphatic hydroxyl groups excluding tert-OH is 4. The number of hydrogen-bond donors (Lipinski definition) is 5. The number of cyclic esters (lactones) is 1. The SMILES string of the molecule is C[C@H]1O[C@@H](O[C@H]2[C@@H](O)C[C@H](O[C@H]3[C@@H](O)C[C@H](O[C@H]4CC[C@@]5(C)[C@H](CC[C@@H]6[C@@H]5CC[C@]5(C)[C@H](C7COC(=O)C7)CC[C@]65O)C4)O[C@@H]3C)O[C@@H]2C)C[C@H](O)[C@@H]1O. The van der Waals surface area contributed by atoms with Crippen molar-refractivity contribution in [2.24, 2.45) is 40.4 Å². The molecule has 8 rings (SSSR count). The van der Waals surface area contributed by atoms with Gasteiger partial charge in [0, 0.05) is 25.2 Å². The van der Waals surface area contributed by atoms with E-state index in [1.54, 1.807) is 13.8 Å². The Morgan fingerprint density at radius 1 is 0.648 bits per heavy atom.